The first-order valence-electron chi connectivity index (χ1n) is 9.14. The summed E-state index contributed by atoms with van der Waals surface area (Å²) in [6.45, 7) is 2.12. The average Bonchev–Trinajstić information content (AvgIpc) is 3.37. The van der Waals surface area contributed by atoms with E-state index in [1.165, 1.54) is 6.33 Å². The van der Waals surface area contributed by atoms with Crippen LogP contribution < -0.4 is 5.32 Å². The first-order chi connectivity index (χ1) is 13.8. The van der Waals surface area contributed by atoms with Gasteiger partial charge in [0.15, 0.2) is 17.1 Å². The lowest BCUT2D eigenvalue weighted by Gasteiger charge is -2.19. The number of H-pyrrole nitrogens is 1. The van der Waals surface area contributed by atoms with Crippen molar-refractivity contribution in [3.8, 4) is 5.69 Å². The Kier molecular flexibility index (Phi) is 3.93. The van der Waals surface area contributed by atoms with E-state index in [0.29, 0.717) is 11.5 Å². The minimum atomic E-state index is -0.0733. The predicted molar refractivity (Wildman–Crippen MR) is 107 cm³/mol. The molecule has 0 aliphatic heterocycles. The zero-order valence-corrected chi connectivity index (χ0v) is 15.2. The number of hydrogen-bond acceptors (Lipinski definition) is 6. The van der Waals surface area contributed by atoms with Crippen molar-refractivity contribution in [2.24, 2.45) is 0 Å². The Balaban J connectivity index is 1.66. The van der Waals surface area contributed by atoms with E-state index >= 15 is 0 Å². The summed E-state index contributed by atoms with van der Waals surface area (Å²) < 4.78 is 2.10. The third-order valence-corrected chi connectivity index (χ3v) is 4.71. The van der Waals surface area contributed by atoms with Gasteiger partial charge in [-0.3, -0.25) is 4.57 Å². The van der Waals surface area contributed by atoms with Crippen molar-refractivity contribution in [2.75, 3.05) is 5.32 Å². The van der Waals surface area contributed by atoms with E-state index in [-0.39, 0.29) is 6.04 Å². The highest BCUT2D eigenvalue weighted by Crippen LogP contribution is 2.29. The SMILES string of the molecule is CCC(Nc1ncnc2nc[nH]c12)c1nc2cccnc2n1-c1ccccc1. The Hall–Kier alpha value is -3.81. The second kappa shape index (κ2) is 6.73. The zero-order chi connectivity index (χ0) is 18.9. The van der Waals surface area contributed by atoms with Crippen LogP contribution in [0.5, 0.6) is 0 Å². The van der Waals surface area contributed by atoms with Crippen LogP contribution in [0.2, 0.25) is 0 Å². The lowest BCUT2D eigenvalue weighted by molar-refractivity contribution is 0.680. The number of pyridine rings is 1. The fraction of sp³-hybridized carbons (Fsp3) is 0.150. The standard InChI is InChI=1S/C20H18N8/c1-2-14(26-18-16-17(23-11-22-16)24-12-25-18)20-27-15-9-6-10-21-19(15)28(20)13-7-4-3-5-8-13/h3-12,14H,2H2,1H3,(H2,22,23,24,25,26). The Labute approximate surface area is 160 Å². The molecule has 5 aromatic rings. The maximum absolute atomic E-state index is 4.89. The summed E-state index contributed by atoms with van der Waals surface area (Å²) in [5.74, 6) is 1.59. The molecule has 0 saturated heterocycles. The lowest BCUT2D eigenvalue weighted by Crippen LogP contribution is -2.16. The van der Waals surface area contributed by atoms with E-state index in [1.807, 2.05) is 30.3 Å². The number of rotatable bonds is 5. The summed E-state index contributed by atoms with van der Waals surface area (Å²) >= 11 is 0. The molecule has 8 heteroatoms. The highest BCUT2D eigenvalue weighted by atomic mass is 15.2. The van der Waals surface area contributed by atoms with Gasteiger partial charge in [0.1, 0.15) is 23.2 Å². The summed E-state index contributed by atoms with van der Waals surface area (Å²) in [5.41, 5.74) is 4.12. The van der Waals surface area contributed by atoms with E-state index in [2.05, 4.69) is 53.9 Å². The molecule has 0 amide bonds. The van der Waals surface area contributed by atoms with Crippen LogP contribution in [0.4, 0.5) is 5.82 Å². The fourth-order valence-electron chi connectivity index (χ4n) is 3.38. The Morgan fingerprint density at radius 2 is 1.93 bits per heavy atom. The van der Waals surface area contributed by atoms with Gasteiger partial charge in [-0.1, -0.05) is 25.1 Å². The number of fused-ring (bicyclic) bond motifs is 2. The summed E-state index contributed by atoms with van der Waals surface area (Å²) in [7, 11) is 0. The van der Waals surface area contributed by atoms with Crippen LogP contribution in [0.15, 0.2) is 61.3 Å². The molecule has 5 rings (SSSR count). The van der Waals surface area contributed by atoms with Crippen molar-refractivity contribution in [3.05, 3.63) is 67.1 Å². The minimum absolute atomic E-state index is 0.0733. The van der Waals surface area contributed by atoms with Crippen LogP contribution in [0, 0.1) is 0 Å². The van der Waals surface area contributed by atoms with Crippen LogP contribution >= 0.6 is 0 Å². The largest absolute Gasteiger partial charge is 0.358 e. The van der Waals surface area contributed by atoms with Gasteiger partial charge in [0.2, 0.25) is 0 Å². The molecule has 0 bridgehead atoms. The van der Waals surface area contributed by atoms with Crippen molar-refractivity contribution < 1.29 is 0 Å². The number of hydrogen-bond donors (Lipinski definition) is 2. The molecular weight excluding hydrogens is 352 g/mol. The molecule has 0 aliphatic carbocycles. The smallest absolute Gasteiger partial charge is 0.182 e. The molecule has 4 heterocycles. The van der Waals surface area contributed by atoms with Crippen molar-refractivity contribution >= 4 is 28.1 Å². The first kappa shape index (κ1) is 16.4. The number of benzene rings is 1. The van der Waals surface area contributed by atoms with Gasteiger partial charge < -0.3 is 10.3 Å². The molecule has 0 aliphatic rings. The van der Waals surface area contributed by atoms with E-state index in [9.17, 15) is 0 Å². The second-order valence-electron chi connectivity index (χ2n) is 6.42. The molecule has 0 fully saturated rings. The first-order valence-corrected chi connectivity index (χ1v) is 9.14. The molecule has 28 heavy (non-hydrogen) atoms. The molecule has 1 aromatic carbocycles. The molecule has 0 spiro atoms. The maximum Gasteiger partial charge on any atom is 0.182 e. The molecule has 1 unspecified atom stereocenters. The van der Waals surface area contributed by atoms with Crippen LogP contribution in [0.25, 0.3) is 28.0 Å². The van der Waals surface area contributed by atoms with Gasteiger partial charge in [-0.25, -0.2) is 24.9 Å². The third-order valence-electron chi connectivity index (χ3n) is 4.71. The van der Waals surface area contributed by atoms with Crippen LogP contribution in [-0.4, -0.2) is 34.5 Å². The third kappa shape index (κ3) is 2.66. The van der Waals surface area contributed by atoms with E-state index in [4.69, 9.17) is 4.98 Å². The highest BCUT2D eigenvalue weighted by Gasteiger charge is 2.22. The van der Waals surface area contributed by atoms with Crippen molar-refractivity contribution in [2.45, 2.75) is 19.4 Å². The molecular formula is C20H18N8. The number of nitrogens with zero attached hydrogens (tertiary/aromatic N) is 6. The number of aromatic nitrogens is 7. The van der Waals surface area contributed by atoms with Gasteiger partial charge in [-0.05, 0) is 30.7 Å². The molecule has 1 atom stereocenters. The van der Waals surface area contributed by atoms with Crippen LogP contribution in [0.3, 0.4) is 0 Å². The van der Waals surface area contributed by atoms with Gasteiger partial charge in [-0.2, -0.15) is 0 Å². The normalized spacial score (nSPS) is 12.5. The molecule has 0 saturated carbocycles. The Morgan fingerprint density at radius 3 is 2.79 bits per heavy atom. The van der Waals surface area contributed by atoms with Crippen LogP contribution in [-0.2, 0) is 0 Å². The summed E-state index contributed by atoms with van der Waals surface area (Å²) in [5, 5.41) is 3.51. The second-order valence-corrected chi connectivity index (χ2v) is 6.42. The summed E-state index contributed by atoms with van der Waals surface area (Å²) in [4.78, 5) is 25.4. The predicted octanol–water partition coefficient (Wildman–Crippen LogP) is 3.65. The average molecular weight is 370 g/mol. The van der Waals surface area contributed by atoms with E-state index in [1.54, 1.807) is 12.5 Å². The Morgan fingerprint density at radius 1 is 1.04 bits per heavy atom. The maximum atomic E-state index is 4.89. The van der Waals surface area contributed by atoms with Crippen molar-refractivity contribution in [1.29, 1.82) is 0 Å². The summed E-state index contributed by atoms with van der Waals surface area (Å²) in [6, 6.07) is 14.0. The fourth-order valence-corrected chi connectivity index (χ4v) is 3.38. The quantitative estimate of drug-likeness (QED) is 0.490. The highest BCUT2D eigenvalue weighted by molar-refractivity contribution is 5.82. The Bertz CT molecular complexity index is 1240. The van der Waals surface area contributed by atoms with E-state index < -0.39 is 0 Å². The van der Waals surface area contributed by atoms with Crippen LogP contribution in [0.1, 0.15) is 25.2 Å². The molecule has 2 N–H and O–H groups in total. The number of anilines is 1. The van der Waals surface area contributed by atoms with E-state index in [0.717, 1.165) is 34.6 Å². The monoisotopic (exact) mass is 370 g/mol. The molecule has 0 radical (unpaired) electrons. The number of aromatic amines is 1. The lowest BCUT2D eigenvalue weighted by atomic mass is 10.2. The van der Waals surface area contributed by atoms with Crippen molar-refractivity contribution in [1.82, 2.24) is 34.5 Å². The zero-order valence-electron chi connectivity index (χ0n) is 15.2. The van der Waals surface area contributed by atoms with Gasteiger partial charge >= 0.3 is 0 Å². The topological polar surface area (TPSA) is 97.2 Å². The number of nitrogens with one attached hydrogen (secondary N) is 2. The molecule has 4 aromatic heterocycles. The van der Waals surface area contributed by atoms with Crippen molar-refractivity contribution in [3.63, 3.8) is 0 Å². The molecule has 138 valence electrons. The van der Waals surface area contributed by atoms with Gasteiger partial charge in [-0.15, -0.1) is 0 Å². The number of para-hydroxylation sites is 1. The minimum Gasteiger partial charge on any atom is -0.358 e. The number of imidazole rings is 2. The summed E-state index contributed by atoms with van der Waals surface area (Å²) in [6.07, 6.45) is 5.74. The molecule has 8 nitrogen and oxygen atoms in total. The van der Waals surface area contributed by atoms with Gasteiger partial charge in [0, 0.05) is 11.9 Å². The van der Waals surface area contributed by atoms with Gasteiger partial charge in [0.05, 0.1) is 12.4 Å². The van der Waals surface area contributed by atoms with Gasteiger partial charge in [0.25, 0.3) is 0 Å².